The smallest absolute Gasteiger partial charge is 0.226 e. The molecule has 0 aliphatic carbocycles. The third kappa shape index (κ3) is 5.77. The van der Waals surface area contributed by atoms with Gasteiger partial charge in [-0.3, -0.25) is 14.6 Å². The second-order valence-corrected chi connectivity index (χ2v) is 8.29. The summed E-state index contributed by atoms with van der Waals surface area (Å²) in [5, 5.41) is 3.20. The van der Waals surface area contributed by atoms with Crippen LogP contribution >= 0.6 is 0 Å². The molecule has 4 rings (SSSR count). The number of carbonyl (C=O) groups is 2. The summed E-state index contributed by atoms with van der Waals surface area (Å²) < 4.78 is 5.17. The van der Waals surface area contributed by atoms with E-state index >= 15 is 0 Å². The van der Waals surface area contributed by atoms with Gasteiger partial charge >= 0.3 is 0 Å². The maximum absolute atomic E-state index is 13.1. The van der Waals surface area contributed by atoms with Crippen molar-refractivity contribution in [1.82, 2.24) is 15.2 Å². The highest BCUT2D eigenvalue weighted by atomic mass is 16.5. The summed E-state index contributed by atoms with van der Waals surface area (Å²) in [5.41, 5.74) is 2.77. The Morgan fingerprint density at radius 2 is 1.70 bits per heavy atom. The molecule has 6 heteroatoms. The first-order valence-electron chi connectivity index (χ1n) is 11.3. The predicted molar refractivity (Wildman–Crippen MR) is 127 cm³/mol. The lowest BCUT2D eigenvalue weighted by molar-refractivity contribution is -0.135. The molecule has 2 aromatic carbocycles. The van der Waals surface area contributed by atoms with E-state index in [4.69, 9.17) is 4.74 Å². The summed E-state index contributed by atoms with van der Waals surface area (Å²) >= 11 is 0. The summed E-state index contributed by atoms with van der Waals surface area (Å²) in [6.45, 7) is 1.18. The first kappa shape index (κ1) is 22.5. The second-order valence-electron chi connectivity index (χ2n) is 8.29. The van der Waals surface area contributed by atoms with Crippen LogP contribution in [0.5, 0.6) is 5.75 Å². The molecule has 1 N–H and O–H groups in total. The van der Waals surface area contributed by atoms with Gasteiger partial charge in [-0.2, -0.15) is 0 Å². The van der Waals surface area contributed by atoms with Crippen LogP contribution in [0.2, 0.25) is 0 Å². The van der Waals surface area contributed by atoms with Crippen LogP contribution in [-0.2, 0) is 16.0 Å². The van der Waals surface area contributed by atoms with Crippen LogP contribution in [0.3, 0.4) is 0 Å². The van der Waals surface area contributed by atoms with Crippen molar-refractivity contribution in [2.45, 2.75) is 25.3 Å². The number of nitrogens with one attached hydrogen (secondary N) is 1. The van der Waals surface area contributed by atoms with Gasteiger partial charge in [0, 0.05) is 25.2 Å². The SMILES string of the molecule is COc1ccc(CC(=O)N2CCC(C(=O)NC(c3ccccc3)c3ccccn3)CC2)cc1. The molecule has 3 aromatic rings. The first-order chi connectivity index (χ1) is 16.1. The van der Waals surface area contributed by atoms with Crippen LogP contribution in [0.25, 0.3) is 0 Å². The lowest BCUT2D eigenvalue weighted by atomic mass is 9.94. The van der Waals surface area contributed by atoms with E-state index in [1.54, 1.807) is 13.3 Å². The molecule has 1 unspecified atom stereocenters. The van der Waals surface area contributed by atoms with E-state index in [1.165, 1.54) is 0 Å². The Morgan fingerprint density at radius 3 is 2.33 bits per heavy atom. The zero-order chi connectivity index (χ0) is 23.0. The van der Waals surface area contributed by atoms with E-state index in [1.807, 2.05) is 77.7 Å². The molecule has 33 heavy (non-hydrogen) atoms. The molecule has 1 aromatic heterocycles. The predicted octanol–water partition coefficient (Wildman–Crippen LogP) is 3.78. The van der Waals surface area contributed by atoms with Crippen molar-refractivity contribution >= 4 is 11.8 Å². The molecule has 1 aliphatic rings. The third-order valence-electron chi connectivity index (χ3n) is 6.14. The number of benzene rings is 2. The van der Waals surface area contributed by atoms with Gasteiger partial charge in [-0.05, 0) is 48.2 Å². The minimum atomic E-state index is -0.297. The minimum Gasteiger partial charge on any atom is -0.497 e. The number of methoxy groups -OCH3 is 1. The Bertz CT molecular complexity index is 1010. The normalized spacial score (nSPS) is 15.0. The van der Waals surface area contributed by atoms with Gasteiger partial charge < -0.3 is 15.0 Å². The van der Waals surface area contributed by atoms with Crippen LogP contribution in [0.4, 0.5) is 0 Å². The zero-order valence-electron chi connectivity index (χ0n) is 18.8. The fraction of sp³-hybridized carbons (Fsp3) is 0.296. The molecule has 2 amide bonds. The lowest BCUT2D eigenvalue weighted by Crippen LogP contribution is -2.44. The molecule has 1 saturated heterocycles. The number of rotatable bonds is 7. The molecule has 1 fully saturated rings. The quantitative estimate of drug-likeness (QED) is 0.603. The van der Waals surface area contributed by atoms with Crippen LogP contribution in [0.1, 0.15) is 35.7 Å². The van der Waals surface area contributed by atoms with Crippen LogP contribution in [0.15, 0.2) is 79.0 Å². The average Bonchev–Trinajstić information content (AvgIpc) is 2.88. The van der Waals surface area contributed by atoms with E-state index in [9.17, 15) is 9.59 Å². The molecule has 2 heterocycles. The maximum Gasteiger partial charge on any atom is 0.226 e. The molecule has 1 atom stereocenters. The average molecular weight is 444 g/mol. The summed E-state index contributed by atoms with van der Waals surface area (Å²) in [6.07, 6.45) is 3.41. The largest absolute Gasteiger partial charge is 0.497 e. The van der Waals surface area contributed by atoms with E-state index in [0.717, 1.165) is 22.6 Å². The highest BCUT2D eigenvalue weighted by Gasteiger charge is 2.29. The van der Waals surface area contributed by atoms with Crippen LogP contribution in [-0.4, -0.2) is 41.9 Å². The number of aromatic nitrogens is 1. The highest BCUT2D eigenvalue weighted by Crippen LogP contribution is 2.24. The maximum atomic E-state index is 13.1. The Labute approximate surface area is 194 Å². The number of carbonyl (C=O) groups excluding carboxylic acids is 2. The number of ether oxygens (including phenoxy) is 1. The molecular formula is C27H29N3O3. The number of nitrogens with zero attached hydrogens (tertiary/aromatic N) is 2. The molecular weight excluding hydrogens is 414 g/mol. The van der Waals surface area contributed by atoms with Gasteiger partial charge in [0.05, 0.1) is 25.3 Å². The van der Waals surface area contributed by atoms with E-state index in [2.05, 4.69) is 10.3 Å². The molecule has 170 valence electrons. The number of likely N-dealkylation sites (tertiary alicyclic amines) is 1. The number of hydrogen-bond acceptors (Lipinski definition) is 4. The topological polar surface area (TPSA) is 71.5 Å². The Kier molecular flexibility index (Phi) is 7.35. The van der Waals surface area contributed by atoms with Crippen molar-refractivity contribution in [3.05, 3.63) is 95.8 Å². The van der Waals surface area contributed by atoms with Gasteiger partial charge in [0.15, 0.2) is 0 Å². The summed E-state index contributed by atoms with van der Waals surface area (Å²) in [5.74, 6) is 0.758. The van der Waals surface area contributed by atoms with Gasteiger partial charge in [0.2, 0.25) is 11.8 Å². The number of pyridine rings is 1. The minimum absolute atomic E-state index is 0.0109. The van der Waals surface area contributed by atoms with Crippen LogP contribution in [0, 0.1) is 5.92 Å². The highest BCUT2D eigenvalue weighted by molar-refractivity contribution is 5.81. The molecule has 6 nitrogen and oxygen atoms in total. The zero-order valence-corrected chi connectivity index (χ0v) is 18.8. The Hall–Kier alpha value is -3.67. The van der Waals surface area contributed by atoms with E-state index in [0.29, 0.717) is 32.4 Å². The number of piperidine rings is 1. The molecule has 0 saturated carbocycles. The second kappa shape index (κ2) is 10.8. The van der Waals surface area contributed by atoms with Crippen molar-refractivity contribution in [2.75, 3.05) is 20.2 Å². The Balaban J connectivity index is 1.34. The summed E-state index contributed by atoms with van der Waals surface area (Å²) in [7, 11) is 1.62. The van der Waals surface area contributed by atoms with E-state index < -0.39 is 0 Å². The molecule has 0 bridgehead atoms. The van der Waals surface area contributed by atoms with Gasteiger partial charge in [-0.15, -0.1) is 0 Å². The fourth-order valence-corrected chi connectivity index (χ4v) is 4.20. The van der Waals surface area contributed by atoms with Gasteiger partial charge in [0.1, 0.15) is 5.75 Å². The monoisotopic (exact) mass is 443 g/mol. The molecule has 0 spiro atoms. The van der Waals surface area contributed by atoms with Gasteiger partial charge in [-0.25, -0.2) is 0 Å². The third-order valence-corrected chi connectivity index (χ3v) is 6.14. The fourth-order valence-electron chi connectivity index (χ4n) is 4.20. The molecule has 1 aliphatic heterocycles. The van der Waals surface area contributed by atoms with Crippen molar-refractivity contribution in [2.24, 2.45) is 5.92 Å². The van der Waals surface area contributed by atoms with Crippen LogP contribution < -0.4 is 10.1 Å². The van der Waals surface area contributed by atoms with Crippen molar-refractivity contribution < 1.29 is 14.3 Å². The number of hydrogen-bond donors (Lipinski definition) is 1. The molecule has 0 radical (unpaired) electrons. The van der Waals surface area contributed by atoms with Crippen molar-refractivity contribution in [3.8, 4) is 5.75 Å². The lowest BCUT2D eigenvalue weighted by Gasteiger charge is -2.32. The first-order valence-corrected chi connectivity index (χ1v) is 11.3. The Morgan fingerprint density at radius 1 is 1.00 bits per heavy atom. The van der Waals surface area contributed by atoms with Crippen molar-refractivity contribution in [3.63, 3.8) is 0 Å². The standard InChI is InChI=1S/C27H29N3O3/c1-33-23-12-10-20(11-13-23)19-25(31)30-17-14-22(15-18-30)27(32)29-26(21-7-3-2-4-8-21)24-9-5-6-16-28-24/h2-13,16,22,26H,14-15,17-19H2,1H3,(H,29,32). The summed E-state index contributed by atoms with van der Waals surface area (Å²) in [6, 6.07) is 22.9. The summed E-state index contributed by atoms with van der Waals surface area (Å²) in [4.78, 5) is 32.2. The van der Waals surface area contributed by atoms with Gasteiger partial charge in [0.25, 0.3) is 0 Å². The van der Waals surface area contributed by atoms with E-state index in [-0.39, 0.29) is 23.8 Å². The van der Waals surface area contributed by atoms with Gasteiger partial charge in [-0.1, -0.05) is 48.5 Å². The number of amides is 2. The van der Waals surface area contributed by atoms with Crippen molar-refractivity contribution in [1.29, 1.82) is 0 Å².